The van der Waals surface area contributed by atoms with Gasteiger partial charge in [0.05, 0.1) is 6.54 Å². The van der Waals surface area contributed by atoms with Crippen molar-refractivity contribution in [3.8, 4) is 0 Å². The van der Waals surface area contributed by atoms with Crippen molar-refractivity contribution in [2.45, 2.75) is 33.2 Å². The molecule has 0 radical (unpaired) electrons. The topological polar surface area (TPSA) is 106 Å². The Kier molecular flexibility index (Phi) is 11.1. The molecule has 0 atom stereocenters. The first-order valence-electron chi connectivity index (χ1n) is 10.6. The lowest BCUT2D eigenvalue weighted by Crippen LogP contribution is -2.36. The van der Waals surface area contributed by atoms with Gasteiger partial charge in [0.15, 0.2) is 5.69 Å². The van der Waals surface area contributed by atoms with Crippen LogP contribution in [0.1, 0.15) is 43.1 Å². The number of nitrogens with zero attached hydrogens (tertiary/aromatic N) is 2. The number of para-hydroxylation sites is 1. The minimum Gasteiger partial charge on any atom is -0.446 e. The van der Waals surface area contributed by atoms with Crippen LogP contribution in [0.5, 0.6) is 0 Å². The molecule has 0 spiro atoms. The van der Waals surface area contributed by atoms with Gasteiger partial charge in [-0.05, 0) is 38.8 Å². The number of nitrogens with one attached hydrogen (secondary N) is 2. The molecule has 9 heteroatoms. The van der Waals surface area contributed by atoms with E-state index in [1.54, 1.807) is 4.90 Å². The monoisotopic (exact) mass is 432 g/mol. The van der Waals surface area contributed by atoms with Gasteiger partial charge in [0, 0.05) is 45.2 Å². The number of rotatable bonds is 14. The van der Waals surface area contributed by atoms with Crippen LogP contribution >= 0.6 is 0 Å². The zero-order valence-electron chi connectivity index (χ0n) is 18.3. The fourth-order valence-electron chi connectivity index (χ4n) is 2.74. The lowest BCUT2D eigenvalue weighted by Gasteiger charge is -2.21. The van der Waals surface area contributed by atoms with E-state index in [0.717, 1.165) is 6.42 Å². The Morgan fingerprint density at radius 2 is 1.77 bits per heavy atom. The molecule has 0 fully saturated rings. The Hall–Kier alpha value is -2.91. The largest absolute Gasteiger partial charge is 0.446 e. The maximum absolute atomic E-state index is 12.8. The summed E-state index contributed by atoms with van der Waals surface area (Å²) >= 11 is 0. The summed E-state index contributed by atoms with van der Waals surface area (Å²) in [6.07, 6.45) is 2.70. The molecule has 0 bridgehead atoms. The summed E-state index contributed by atoms with van der Waals surface area (Å²) in [5.74, 6) is -0.0257. The Morgan fingerprint density at radius 3 is 2.48 bits per heavy atom. The van der Waals surface area contributed by atoms with Gasteiger partial charge in [-0.25, -0.2) is 9.78 Å². The molecule has 31 heavy (non-hydrogen) atoms. The Balaban J connectivity index is 1.93. The average molecular weight is 433 g/mol. The highest BCUT2D eigenvalue weighted by Gasteiger charge is 2.19. The van der Waals surface area contributed by atoms with E-state index in [1.807, 2.05) is 44.2 Å². The third-order valence-electron chi connectivity index (χ3n) is 4.30. The van der Waals surface area contributed by atoms with Crippen molar-refractivity contribution in [2.24, 2.45) is 0 Å². The van der Waals surface area contributed by atoms with Crippen LogP contribution in [0.25, 0.3) is 0 Å². The third kappa shape index (κ3) is 9.18. The summed E-state index contributed by atoms with van der Waals surface area (Å²) in [5, 5.41) is 5.64. The summed E-state index contributed by atoms with van der Waals surface area (Å²) in [6, 6.07) is 8.93. The maximum Gasteiger partial charge on any atom is 0.322 e. The molecule has 2 rings (SSSR count). The maximum atomic E-state index is 12.8. The summed E-state index contributed by atoms with van der Waals surface area (Å²) in [5.41, 5.74) is 0.881. The molecule has 9 nitrogen and oxygen atoms in total. The number of carbonyl (C=O) groups excluding carboxylic acids is 2. The second kappa shape index (κ2) is 14.2. The molecule has 0 saturated carbocycles. The number of oxazole rings is 1. The van der Waals surface area contributed by atoms with E-state index in [4.69, 9.17) is 13.9 Å². The van der Waals surface area contributed by atoms with Crippen LogP contribution in [0.2, 0.25) is 0 Å². The van der Waals surface area contributed by atoms with Crippen LogP contribution in [-0.4, -0.2) is 61.3 Å². The lowest BCUT2D eigenvalue weighted by molar-refractivity contribution is 0.0939. The second-order valence-corrected chi connectivity index (χ2v) is 6.70. The summed E-state index contributed by atoms with van der Waals surface area (Å²) in [7, 11) is 0. The highest BCUT2D eigenvalue weighted by atomic mass is 16.5. The van der Waals surface area contributed by atoms with Crippen LogP contribution in [-0.2, 0) is 16.0 Å². The summed E-state index contributed by atoms with van der Waals surface area (Å²) in [4.78, 5) is 30.8. The molecule has 1 aromatic carbocycles. The van der Waals surface area contributed by atoms with Gasteiger partial charge in [-0.15, -0.1) is 0 Å². The molecule has 1 heterocycles. The normalized spacial score (nSPS) is 10.6. The van der Waals surface area contributed by atoms with Crippen molar-refractivity contribution in [3.05, 3.63) is 48.2 Å². The number of ether oxygens (including phenoxy) is 2. The van der Waals surface area contributed by atoms with Gasteiger partial charge in [-0.3, -0.25) is 4.79 Å². The van der Waals surface area contributed by atoms with Crippen molar-refractivity contribution in [2.75, 3.05) is 44.8 Å². The van der Waals surface area contributed by atoms with E-state index in [-0.39, 0.29) is 24.2 Å². The highest BCUT2D eigenvalue weighted by molar-refractivity contribution is 5.92. The van der Waals surface area contributed by atoms with E-state index in [2.05, 4.69) is 15.6 Å². The van der Waals surface area contributed by atoms with Crippen LogP contribution in [0, 0.1) is 0 Å². The number of aromatic nitrogens is 1. The quantitative estimate of drug-likeness (QED) is 0.444. The Bertz CT molecular complexity index is 781. The molecule has 0 aliphatic rings. The van der Waals surface area contributed by atoms with Crippen LogP contribution in [0.3, 0.4) is 0 Å². The molecule has 2 N–H and O–H groups in total. The number of urea groups is 1. The van der Waals surface area contributed by atoms with Crippen molar-refractivity contribution in [1.29, 1.82) is 0 Å². The van der Waals surface area contributed by atoms with E-state index >= 15 is 0 Å². The third-order valence-corrected chi connectivity index (χ3v) is 4.30. The molecule has 1 aromatic heterocycles. The number of benzene rings is 1. The van der Waals surface area contributed by atoms with E-state index in [0.29, 0.717) is 57.5 Å². The van der Waals surface area contributed by atoms with Gasteiger partial charge >= 0.3 is 6.03 Å². The number of hydrogen-bond acceptors (Lipinski definition) is 6. The molecule has 3 amide bonds. The lowest BCUT2D eigenvalue weighted by atomic mass is 10.3. The van der Waals surface area contributed by atoms with Crippen LogP contribution in [0.4, 0.5) is 10.5 Å². The van der Waals surface area contributed by atoms with E-state index in [1.165, 1.54) is 6.26 Å². The SMILES string of the molecule is CCOCCCNC(=O)c1coc(CN(CCCOCC)C(=O)Nc2ccccc2)n1. The Labute approximate surface area is 183 Å². The molecule has 0 aliphatic carbocycles. The van der Waals surface area contributed by atoms with Gasteiger partial charge in [-0.2, -0.15) is 0 Å². The van der Waals surface area contributed by atoms with Gasteiger partial charge in [-0.1, -0.05) is 18.2 Å². The first-order chi connectivity index (χ1) is 15.1. The Morgan fingerprint density at radius 1 is 1.06 bits per heavy atom. The van der Waals surface area contributed by atoms with E-state index in [9.17, 15) is 9.59 Å². The van der Waals surface area contributed by atoms with Crippen molar-refractivity contribution in [1.82, 2.24) is 15.2 Å². The predicted octanol–water partition coefficient (Wildman–Crippen LogP) is 3.29. The first-order valence-corrected chi connectivity index (χ1v) is 10.6. The highest BCUT2D eigenvalue weighted by Crippen LogP contribution is 2.11. The van der Waals surface area contributed by atoms with Crippen LogP contribution in [0.15, 0.2) is 41.0 Å². The van der Waals surface area contributed by atoms with Crippen molar-refractivity contribution < 1.29 is 23.5 Å². The standard InChI is InChI=1S/C22H32N4O5/c1-3-29-14-8-12-23-21(27)19-17-31-20(25-19)16-26(13-9-15-30-4-2)22(28)24-18-10-6-5-7-11-18/h5-7,10-11,17H,3-4,8-9,12-16H2,1-2H3,(H,23,27)(H,24,28). The second-order valence-electron chi connectivity index (χ2n) is 6.70. The van der Waals surface area contributed by atoms with Crippen molar-refractivity contribution in [3.63, 3.8) is 0 Å². The molecule has 0 saturated heterocycles. The number of amides is 3. The molecule has 0 aliphatic heterocycles. The molecule has 0 unspecified atom stereocenters. The van der Waals surface area contributed by atoms with Crippen molar-refractivity contribution >= 4 is 17.6 Å². The van der Waals surface area contributed by atoms with Crippen LogP contribution < -0.4 is 10.6 Å². The molecular formula is C22H32N4O5. The smallest absolute Gasteiger partial charge is 0.322 e. The zero-order chi connectivity index (χ0) is 22.3. The minimum absolute atomic E-state index is 0.141. The fraction of sp³-hybridized carbons (Fsp3) is 0.500. The summed E-state index contributed by atoms with van der Waals surface area (Å²) < 4.78 is 16.1. The zero-order valence-corrected chi connectivity index (χ0v) is 18.3. The van der Waals surface area contributed by atoms with Gasteiger partial charge in [0.1, 0.15) is 6.26 Å². The molecule has 170 valence electrons. The first kappa shape index (κ1) is 24.4. The predicted molar refractivity (Wildman–Crippen MR) is 117 cm³/mol. The van der Waals surface area contributed by atoms with Gasteiger partial charge in [0.2, 0.25) is 5.89 Å². The minimum atomic E-state index is -0.317. The number of carbonyl (C=O) groups is 2. The average Bonchev–Trinajstić information content (AvgIpc) is 3.25. The molecule has 2 aromatic rings. The van der Waals surface area contributed by atoms with Gasteiger partial charge in [0.25, 0.3) is 5.91 Å². The number of anilines is 1. The van der Waals surface area contributed by atoms with Gasteiger partial charge < -0.3 is 29.4 Å². The number of hydrogen-bond donors (Lipinski definition) is 2. The van der Waals surface area contributed by atoms with E-state index < -0.39 is 0 Å². The molecular weight excluding hydrogens is 400 g/mol. The summed E-state index contributed by atoms with van der Waals surface area (Å²) in [6.45, 7) is 7.36. The fourth-order valence-corrected chi connectivity index (χ4v) is 2.74.